The van der Waals surface area contributed by atoms with Crippen LogP contribution in [0.15, 0.2) is 10.9 Å². The van der Waals surface area contributed by atoms with Crippen molar-refractivity contribution in [2.24, 2.45) is 0 Å². The van der Waals surface area contributed by atoms with Crippen molar-refractivity contribution in [3.05, 3.63) is 32.7 Å². The van der Waals surface area contributed by atoms with Crippen molar-refractivity contribution in [1.82, 2.24) is 14.8 Å². The average molecular weight is 239 g/mol. The van der Waals surface area contributed by atoms with Crippen molar-refractivity contribution in [2.75, 3.05) is 0 Å². The molecule has 2 N–H and O–H groups in total. The van der Waals surface area contributed by atoms with Gasteiger partial charge in [0.1, 0.15) is 4.88 Å². The number of aromatic carboxylic acids is 1. The molecule has 0 saturated carbocycles. The van der Waals surface area contributed by atoms with E-state index in [1.54, 1.807) is 13.8 Å². The fraction of sp³-hybridized carbons (Fsp3) is 0.222. The maximum Gasteiger partial charge on any atom is 0.347 e. The maximum absolute atomic E-state index is 11.5. The van der Waals surface area contributed by atoms with E-state index in [2.05, 4.69) is 10.1 Å². The Labute approximate surface area is 94.2 Å². The Morgan fingerprint density at radius 1 is 1.56 bits per heavy atom. The molecule has 2 rings (SSSR count). The molecule has 0 aliphatic carbocycles. The molecule has 0 aromatic carbocycles. The van der Waals surface area contributed by atoms with Crippen LogP contribution in [-0.4, -0.2) is 25.8 Å². The molecule has 2 aromatic heterocycles. The third kappa shape index (κ3) is 1.65. The van der Waals surface area contributed by atoms with Crippen molar-refractivity contribution in [3.63, 3.8) is 0 Å². The predicted molar refractivity (Wildman–Crippen MR) is 58.5 cm³/mol. The number of hydrogen-bond acceptors (Lipinski definition) is 4. The molecule has 0 aliphatic heterocycles. The van der Waals surface area contributed by atoms with Gasteiger partial charge in [-0.25, -0.2) is 9.78 Å². The van der Waals surface area contributed by atoms with E-state index in [0.29, 0.717) is 16.5 Å². The molecule has 0 radical (unpaired) electrons. The standard InChI is InChI=1S/C9H9N3O3S/c1-4-3-6(13)12(11-4)9-10-5(2)7(16-9)8(14)15/h3,11H,1-2H3,(H,14,15). The van der Waals surface area contributed by atoms with Gasteiger partial charge in [0.2, 0.25) is 5.13 Å². The number of aromatic amines is 1. The van der Waals surface area contributed by atoms with Crippen LogP contribution >= 0.6 is 11.3 Å². The Hall–Kier alpha value is -1.89. The van der Waals surface area contributed by atoms with Gasteiger partial charge in [-0.1, -0.05) is 11.3 Å². The van der Waals surface area contributed by atoms with Gasteiger partial charge in [0.25, 0.3) is 5.56 Å². The van der Waals surface area contributed by atoms with Crippen LogP contribution in [0.3, 0.4) is 0 Å². The van der Waals surface area contributed by atoms with E-state index in [1.165, 1.54) is 10.7 Å². The number of nitrogens with zero attached hydrogens (tertiary/aromatic N) is 2. The third-order valence-corrected chi connectivity index (χ3v) is 3.15. The van der Waals surface area contributed by atoms with E-state index in [0.717, 1.165) is 11.3 Å². The zero-order valence-corrected chi connectivity index (χ0v) is 9.46. The molecule has 0 fully saturated rings. The zero-order chi connectivity index (χ0) is 11.9. The number of carboxylic acid groups (broad SMARTS) is 1. The highest BCUT2D eigenvalue weighted by Crippen LogP contribution is 2.19. The molecule has 0 aliphatic rings. The summed E-state index contributed by atoms with van der Waals surface area (Å²) in [4.78, 5) is 26.5. The fourth-order valence-electron chi connectivity index (χ4n) is 1.33. The topological polar surface area (TPSA) is 88.0 Å². The summed E-state index contributed by atoms with van der Waals surface area (Å²) in [5.41, 5.74) is 0.865. The Balaban J connectivity index is 2.58. The van der Waals surface area contributed by atoms with E-state index in [4.69, 9.17) is 5.11 Å². The van der Waals surface area contributed by atoms with Gasteiger partial charge in [0.05, 0.1) is 5.69 Å². The minimum atomic E-state index is -1.03. The molecular weight excluding hydrogens is 230 g/mol. The number of carbonyl (C=O) groups is 1. The highest BCUT2D eigenvalue weighted by atomic mass is 32.1. The van der Waals surface area contributed by atoms with Crippen molar-refractivity contribution in [2.45, 2.75) is 13.8 Å². The quantitative estimate of drug-likeness (QED) is 0.816. The van der Waals surface area contributed by atoms with Gasteiger partial charge in [-0.3, -0.25) is 9.89 Å². The Morgan fingerprint density at radius 2 is 2.25 bits per heavy atom. The second-order valence-electron chi connectivity index (χ2n) is 3.33. The highest BCUT2D eigenvalue weighted by molar-refractivity contribution is 7.16. The molecule has 2 aromatic rings. The van der Waals surface area contributed by atoms with E-state index in [9.17, 15) is 9.59 Å². The summed E-state index contributed by atoms with van der Waals surface area (Å²) < 4.78 is 1.24. The molecular formula is C9H9N3O3S. The van der Waals surface area contributed by atoms with Crippen LogP contribution in [-0.2, 0) is 0 Å². The molecule has 0 unspecified atom stereocenters. The number of rotatable bonds is 2. The number of thiazole rings is 1. The first kappa shape index (κ1) is 10.6. The molecule has 0 saturated heterocycles. The van der Waals surface area contributed by atoms with Gasteiger partial charge in [-0.05, 0) is 13.8 Å². The van der Waals surface area contributed by atoms with Crippen molar-refractivity contribution < 1.29 is 9.90 Å². The number of carboxylic acids is 1. The van der Waals surface area contributed by atoms with Crippen LogP contribution in [0.5, 0.6) is 0 Å². The lowest BCUT2D eigenvalue weighted by molar-refractivity contribution is 0.0701. The van der Waals surface area contributed by atoms with Crippen LogP contribution in [0.4, 0.5) is 0 Å². The molecule has 0 spiro atoms. The van der Waals surface area contributed by atoms with E-state index in [-0.39, 0.29) is 10.4 Å². The van der Waals surface area contributed by atoms with Crippen LogP contribution in [0.1, 0.15) is 21.1 Å². The van der Waals surface area contributed by atoms with Gasteiger partial charge in [0, 0.05) is 11.8 Å². The fourth-order valence-corrected chi connectivity index (χ4v) is 2.20. The number of hydrogen-bond donors (Lipinski definition) is 2. The summed E-state index contributed by atoms with van der Waals surface area (Å²) in [7, 11) is 0. The van der Waals surface area contributed by atoms with Gasteiger partial charge in [-0.15, -0.1) is 0 Å². The largest absolute Gasteiger partial charge is 0.477 e. The summed E-state index contributed by atoms with van der Waals surface area (Å²) in [5.74, 6) is -1.03. The number of aromatic nitrogens is 3. The van der Waals surface area contributed by atoms with E-state index >= 15 is 0 Å². The SMILES string of the molecule is Cc1cc(=O)n(-c2nc(C)c(C(=O)O)s2)[nH]1. The maximum atomic E-state index is 11.5. The minimum absolute atomic E-state index is 0.147. The van der Waals surface area contributed by atoms with Crippen molar-refractivity contribution in [3.8, 4) is 5.13 Å². The molecule has 0 atom stereocenters. The molecule has 0 amide bonds. The first-order chi connectivity index (χ1) is 7.49. The smallest absolute Gasteiger partial charge is 0.347 e. The summed E-state index contributed by atoms with van der Waals surface area (Å²) in [6, 6.07) is 1.43. The molecule has 84 valence electrons. The van der Waals surface area contributed by atoms with Gasteiger partial charge < -0.3 is 5.11 Å². The lowest BCUT2D eigenvalue weighted by Crippen LogP contribution is -2.12. The van der Waals surface area contributed by atoms with E-state index < -0.39 is 5.97 Å². The number of aryl methyl sites for hydroxylation is 2. The summed E-state index contributed by atoms with van der Waals surface area (Å²) in [6.45, 7) is 3.35. The monoisotopic (exact) mass is 239 g/mol. The lowest BCUT2D eigenvalue weighted by Gasteiger charge is -1.93. The Kier molecular flexibility index (Phi) is 2.39. The van der Waals surface area contributed by atoms with Crippen LogP contribution < -0.4 is 5.56 Å². The first-order valence-corrected chi connectivity index (χ1v) is 5.30. The van der Waals surface area contributed by atoms with Gasteiger partial charge in [-0.2, -0.15) is 4.68 Å². The minimum Gasteiger partial charge on any atom is -0.477 e. The van der Waals surface area contributed by atoms with E-state index in [1.807, 2.05) is 0 Å². The first-order valence-electron chi connectivity index (χ1n) is 4.49. The molecule has 2 heterocycles. The molecule has 6 nitrogen and oxygen atoms in total. The number of H-pyrrole nitrogens is 1. The van der Waals surface area contributed by atoms with Gasteiger partial charge in [0.15, 0.2) is 0 Å². The van der Waals surface area contributed by atoms with Crippen LogP contribution in [0.2, 0.25) is 0 Å². The zero-order valence-electron chi connectivity index (χ0n) is 8.64. The molecule has 0 bridgehead atoms. The van der Waals surface area contributed by atoms with Crippen molar-refractivity contribution >= 4 is 17.3 Å². The molecule has 7 heteroatoms. The molecule has 16 heavy (non-hydrogen) atoms. The normalized spacial score (nSPS) is 10.6. The third-order valence-electron chi connectivity index (χ3n) is 2.02. The predicted octanol–water partition coefficient (Wildman–Crippen LogP) is 0.937. The Morgan fingerprint density at radius 3 is 2.69 bits per heavy atom. The van der Waals surface area contributed by atoms with Crippen LogP contribution in [0, 0.1) is 13.8 Å². The summed E-state index contributed by atoms with van der Waals surface area (Å²) in [5, 5.41) is 12.0. The summed E-state index contributed by atoms with van der Waals surface area (Å²) >= 11 is 0.969. The lowest BCUT2D eigenvalue weighted by atomic mass is 10.4. The average Bonchev–Trinajstić information content (AvgIpc) is 2.69. The van der Waals surface area contributed by atoms with Gasteiger partial charge >= 0.3 is 5.97 Å². The summed E-state index contributed by atoms with van der Waals surface area (Å²) in [6.07, 6.45) is 0. The van der Waals surface area contributed by atoms with Crippen LogP contribution in [0.25, 0.3) is 5.13 Å². The Bertz CT molecular complexity index is 608. The van der Waals surface area contributed by atoms with Crippen molar-refractivity contribution in [1.29, 1.82) is 0 Å². The number of nitrogens with one attached hydrogen (secondary N) is 1. The second kappa shape index (κ2) is 3.60. The second-order valence-corrected chi connectivity index (χ2v) is 4.31. The highest BCUT2D eigenvalue weighted by Gasteiger charge is 2.16.